The molecule has 0 heterocycles. The third kappa shape index (κ3) is 4.59. The molecular formula is C22H30. The largest absolute Gasteiger partial charge is 0.0915 e. The van der Waals surface area contributed by atoms with E-state index in [9.17, 15) is 0 Å². The molecule has 0 amide bonds. The van der Waals surface area contributed by atoms with E-state index in [1.807, 2.05) is 0 Å². The zero-order chi connectivity index (χ0) is 16.7. The van der Waals surface area contributed by atoms with Crippen LogP contribution in [0.2, 0.25) is 0 Å². The van der Waals surface area contributed by atoms with Gasteiger partial charge in [0.1, 0.15) is 0 Å². The maximum absolute atomic E-state index is 4.36. The van der Waals surface area contributed by atoms with Gasteiger partial charge in [0.2, 0.25) is 0 Å². The minimum atomic E-state index is 0.983. The first-order valence-electron chi connectivity index (χ1n) is 8.19. The summed E-state index contributed by atoms with van der Waals surface area (Å²) >= 11 is 0. The van der Waals surface area contributed by atoms with Gasteiger partial charge in [-0.2, -0.15) is 0 Å². The zero-order valence-electron chi connectivity index (χ0n) is 14.9. The zero-order valence-corrected chi connectivity index (χ0v) is 14.9. The lowest BCUT2D eigenvalue weighted by atomic mass is 9.86. The van der Waals surface area contributed by atoms with E-state index in [1.54, 1.807) is 0 Å². The van der Waals surface area contributed by atoms with Gasteiger partial charge in [-0.15, -0.1) is 0 Å². The van der Waals surface area contributed by atoms with E-state index in [2.05, 4.69) is 78.2 Å². The quantitative estimate of drug-likeness (QED) is 0.462. The van der Waals surface area contributed by atoms with E-state index < -0.39 is 0 Å². The molecule has 0 aliphatic heterocycles. The standard InChI is InChI=1S/C22H30/c1-8-17(5)18(6)15-20(9-2)22(10-3)19(7)21-13-11-16(4)12-14-21/h8,10-11,13,15H,6-7,9,12,14H2,1-5H3. The predicted octanol–water partition coefficient (Wildman–Crippen LogP) is 7.01. The Morgan fingerprint density at radius 1 is 1.14 bits per heavy atom. The Morgan fingerprint density at radius 3 is 2.27 bits per heavy atom. The maximum atomic E-state index is 4.36. The maximum Gasteiger partial charge on any atom is -0.0198 e. The summed E-state index contributed by atoms with van der Waals surface area (Å²) in [6.07, 6.45) is 14.1. The molecule has 0 fully saturated rings. The Bertz CT molecular complexity index is 598. The highest BCUT2D eigenvalue weighted by atomic mass is 14.2. The van der Waals surface area contributed by atoms with Gasteiger partial charge >= 0.3 is 0 Å². The van der Waals surface area contributed by atoms with E-state index >= 15 is 0 Å². The third-order valence-corrected chi connectivity index (χ3v) is 4.37. The van der Waals surface area contributed by atoms with Crippen molar-refractivity contribution in [2.75, 3.05) is 0 Å². The van der Waals surface area contributed by atoms with Crippen molar-refractivity contribution in [3.8, 4) is 0 Å². The molecule has 0 aromatic rings. The smallest absolute Gasteiger partial charge is 0.0198 e. The van der Waals surface area contributed by atoms with Gasteiger partial charge in [-0.3, -0.25) is 0 Å². The Kier molecular flexibility index (Phi) is 7.11. The first-order chi connectivity index (χ1) is 10.4. The SMILES string of the molecule is C=C(C=C(CC)C(=CC)C(=C)C1=CC=C(C)CC1)C(C)=CC. The summed E-state index contributed by atoms with van der Waals surface area (Å²) in [5, 5.41) is 0. The molecule has 0 N–H and O–H groups in total. The molecule has 1 aliphatic carbocycles. The van der Waals surface area contributed by atoms with Gasteiger partial charge in [0, 0.05) is 0 Å². The van der Waals surface area contributed by atoms with Crippen LogP contribution in [0, 0.1) is 0 Å². The lowest BCUT2D eigenvalue weighted by Gasteiger charge is -2.19. The van der Waals surface area contributed by atoms with Gasteiger partial charge in [-0.25, -0.2) is 0 Å². The summed E-state index contributed by atoms with van der Waals surface area (Å²) in [6.45, 7) is 19.2. The highest BCUT2D eigenvalue weighted by Gasteiger charge is 2.13. The van der Waals surface area contributed by atoms with Crippen LogP contribution in [-0.4, -0.2) is 0 Å². The summed E-state index contributed by atoms with van der Waals surface area (Å²) in [7, 11) is 0. The molecular weight excluding hydrogens is 264 g/mol. The normalized spacial score (nSPS) is 17.0. The molecule has 0 unspecified atom stereocenters. The van der Waals surface area contributed by atoms with Crippen LogP contribution in [-0.2, 0) is 0 Å². The highest BCUT2D eigenvalue weighted by Crippen LogP contribution is 2.32. The lowest BCUT2D eigenvalue weighted by molar-refractivity contribution is 0.913. The molecule has 0 aromatic carbocycles. The van der Waals surface area contributed by atoms with Crippen molar-refractivity contribution >= 4 is 0 Å². The first kappa shape index (κ1) is 18.2. The summed E-state index contributed by atoms with van der Waals surface area (Å²) in [5.74, 6) is 0. The molecule has 0 spiro atoms. The molecule has 0 nitrogen and oxygen atoms in total. The van der Waals surface area contributed by atoms with E-state index in [0.717, 1.165) is 30.4 Å². The average Bonchev–Trinajstić information content (AvgIpc) is 2.53. The van der Waals surface area contributed by atoms with Gasteiger partial charge in [0.15, 0.2) is 0 Å². The molecule has 0 atom stereocenters. The number of hydrogen-bond acceptors (Lipinski definition) is 0. The van der Waals surface area contributed by atoms with Gasteiger partial charge in [-0.1, -0.05) is 56.0 Å². The Morgan fingerprint density at radius 2 is 1.82 bits per heavy atom. The minimum Gasteiger partial charge on any atom is -0.0915 e. The first-order valence-corrected chi connectivity index (χ1v) is 8.19. The fraction of sp³-hybridized carbons (Fsp3) is 0.364. The van der Waals surface area contributed by atoms with Crippen LogP contribution in [0.4, 0.5) is 0 Å². The molecule has 1 aliphatic rings. The lowest BCUT2D eigenvalue weighted by Crippen LogP contribution is -2.00. The van der Waals surface area contributed by atoms with E-state index in [1.165, 1.54) is 27.9 Å². The fourth-order valence-electron chi connectivity index (χ4n) is 2.60. The Balaban J connectivity index is 3.11. The molecule has 118 valence electrons. The Labute approximate surface area is 137 Å². The van der Waals surface area contributed by atoms with Gasteiger partial charge in [0.05, 0.1) is 0 Å². The number of allylic oxidation sites excluding steroid dienone is 12. The van der Waals surface area contributed by atoms with Crippen molar-refractivity contribution in [3.05, 3.63) is 82.5 Å². The molecule has 22 heavy (non-hydrogen) atoms. The molecule has 0 bridgehead atoms. The molecule has 0 heteroatoms. The van der Waals surface area contributed by atoms with Crippen molar-refractivity contribution in [2.45, 2.75) is 53.9 Å². The third-order valence-electron chi connectivity index (χ3n) is 4.37. The van der Waals surface area contributed by atoms with Crippen molar-refractivity contribution in [1.29, 1.82) is 0 Å². The summed E-state index contributed by atoms with van der Waals surface area (Å²) in [4.78, 5) is 0. The topological polar surface area (TPSA) is 0 Å². The van der Waals surface area contributed by atoms with Gasteiger partial charge in [0.25, 0.3) is 0 Å². The Hall–Kier alpha value is -1.82. The predicted molar refractivity (Wildman–Crippen MR) is 101 cm³/mol. The summed E-state index contributed by atoms with van der Waals surface area (Å²) in [6, 6.07) is 0. The number of rotatable bonds is 6. The highest BCUT2D eigenvalue weighted by molar-refractivity contribution is 5.58. The molecule has 1 rings (SSSR count). The monoisotopic (exact) mass is 294 g/mol. The van der Waals surface area contributed by atoms with E-state index in [0.29, 0.717) is 0 Å². The second kappa shape index (κ2) is 8.58. The van der Waals surface area contributed by atoms with Crippen molar-refractivity contribution < 1.29 is 0 Å². The minimum absolute atomic E-state index is 0.983. The van der Waals surface area contributed by atoms with Crippen LogP contribution in [0.1, 0.15) is 53.9 Å². The van der Waals surface area contributed by atoms with Gasteiger partial charge in [-0.05, 0) is 80.4 Å². The van der Waals surface area contributed by atoms with E-state index in [-0.39, 0.29) is 0 Å². The molecule has 0 radical (unpaired) electrons. The second-order valence-corrected chi connectivity index (χ2v) is 5.91. The average molecular weight is 294 g/mol. The van der Waals surface area contributed by atoms with Crippen molar-refractivity contribution in [2.24, 2.45) is 0 Å². The molecule has 0 saturated carbocycles. The van der Waals surface area contributed by atoms with Crippen LogP contribution in [0.25, 0.3) is 0 Å². The fourth-order valence-corrected chi connectivity index (χ4v) is 2.60. The summed E-state index contributed by atoms with van der Waals surface area (Å²) in [5.41, 5.74) is 8.83. The van der Waals surface area contributed by atoms with Crippen LogP contribution < -0.4 is 0 Å². The van der Waals surface area contributed by atoms with Crippen molar-refractivity contribution in [1.82, 2.24) is 0 Å². The molecule has 0 aromatic heterocycles. The second-order valence-electron chi connectivity index (χ2n) is 5.91. The summed E-state index contributed by atoms with van der Waals surface area (Å²) < 4.78 is 0. The van der Waals surface area contributed by atoms with Crippen LogP contribution in [0.15, 0.2) is 82.5 Å². The van der Waals surface area contributed by atoms with E-state index in [4.69, 9.17) is 0 Å². The molecule has 0 saturated heterocycles. The van der Waals surface area contributed by atoms with Gasteiger partial charge < -0.3 is 0 Å². The van der Waals surface area contributed by atoms with Crippen LogP contribution in [0.5, 0.6) is 0 Å². The van der Waals surface area contributed by atoms with Crippen LogP contribution >= 0.6 is 0 Å². The van der Waals surface area contributed by atoms with Crippen molar-refractivity contribution in [3.63, 3.8) is 0 Å². The van der Waals surface area contributed by atoms with Crippen LogP contribution in [0.3, 0.4) is 0 Å². The number of hydrogen-bond donors (Lipinski definition) is 0.